The molecule has 124 valence electrons. The number of carbonyl (C=O) groups is 2. The Kier molecular flexibility index (Phi) is 4.85. The van der Waals surface area contributed by atoms with E-state index in [9.17, 15) is 9.59 Å². The Labute approximate surface area is 140 Å². The van der Waals surface area contributed by atoms with Crippen LogP contribution < -0.4 is 5.32 Å². The highest BCUT2D eigenvalue weighted by Crippen LogP contribution is 2.39. The largest absolute Gasteiger partial charge is 0.467 e. The fraction of sp³-hybridized carbons (Fsp3) is 0.588. The van der Waals surface area contributed by atoms with Gasteiger partial charge in [-0.2, -0.15) is 0 Å². The van der Waals surface area contributed by atoms with Crippen molar-refractivity contribution in [2.24, 2.45) is 16.8 Å². The Morgan fingerprint density at radius 2 is 2.39 bits per heavy atom. The first-order valence-electron chi connectivity index (χ1n) is 8.17. The van der Waals surface area contributed by atoms with E-state index in [2.05, 4.69) is 10.3 Å². The van der Waals surface area contributed by atoms with E-state index < -0.39 is 12.0 Å². The molecule has 1 saturated carbocycles. The molecule has 0 bridgehead atoms. The van der Waals surface area contributed by atoms with Gasteiger partial charge in [-0.3, -0.25) is 14.6 Å². The number of amides is 1. The van der Waals surface area contributed by atoms with Crippen LogP contribution in [0.1, 0.15) is 44.4 Å². The highest BCUT2D eigenvalue weighted by atomic mass is 35.5. The maximum Gasteiger partial charge on any atom is 0.220 e. The molecule has 2 heterocycles. The van der Waals surface area contributed by atoms with Crippen molar-refractivity contribution in [3.8, 4) is 0 Å². The number of nitrogens with one attached hydrogen (secondary N) is 1. The smallest absolute Gasteiger partial charge is 0.220 e. The van der Waals surface area contributed by atoms with Gasteiger partial charge in [-0.1, -0.05) is 6.92 Å². The van der Waals surface area contributed by atoms with Crippen LogP contribution in [0.4, 0.5) is 0 Å². The van der Waals surface area contributed by atoms with E-state index in [0.29, 0.717) is 30.9 Å². The number of rotatable bonds is 4. The number of halogens is 1. The van der Waals surface area contributed by atoms with Crippen LogP contribution in [0, 0.1) is 11.8 Å². The zero-order valence-electron chi connectivity index (χ0n) is 13.1. The maximum atomic E-state index is 12.9. The van der Waals surface area contributed by atoms with Crippen molar-refractivity contribution in [2.45, 2.75) is 44.0 Å². The third-order valence-corrected chi connectivity index (χ3v) is 5.18. The zero-order chi connectivity index (χ0) is 16.4. The first kappa shape index (κ1) is 16.2. The lowest BCUT2D eigenvalue weighted by atomic mass is 9.73. The van der Waals surface area contributed by atoms with Crippen LogP contribution in [0.15, 0.2) is 27.8 Å². The van der Waals surface area contributed by atoms with Gasteiger partial charge in [0.25, 0.3) is 0 Å². The molecule has 23 heavy (non-hydrogen) atoms. The van der Waals surface area contributed by atoms with Crippen LogP contribution in [0.3, 0.4) is 0 Å². The Morgan fingerprint density at radius 3 is 3.09 bits per heavy atom. The number of aliphatic imine (C=N–C) groups is 1. The summed E-state index contributed by atoms with van der Waals surface area (Å²) >= 11 is 6.55. The molecule has 4 unspecified atom stereocenters. The second-order valence-corrected chi connectivity index (χ2v) is 6.71. The van der Waals surface area contributed by atoms with Gasteiger partial charge in [-0.05, 0) is 31.4 Å². The van der Waals surface area contributed by atoms with Crippen LogP contribution >= 0.6 is 11.6 Å². The molecule has 1 N–H and O–H groups in total. The number of nitrogens with zero attached hydrogens (tertiary/aromatic N) is 1. The number of hydrogen-bond acceptors (Lipinski definition) is 4. The van der Waals surface area contributed by atoms with E-state index in [1.807, 2.05) is 0 Å². The van der Waals surface area contributed by atoms with Crippen molar-refractivity contribution < 1.29 is 14.0 Å². The summed E-state index contributed by atoms with van der Waals surface area (Å²) in [5.74, 6) is 0.104. The van der Waals surface area contributed by atoms with Gasteiger partial charge in [0, 0.05) is 24.3 Å². The molecule has 1 aromatic heterocycles. The summed E-state index contributed by atoms with van der Waals surface area (Å²) in [4.78, 5) is 29.3. The Balaban J connectivity index is 1.90. The molecule has 3 rings (SSSR count). The van der Waals surface area contributed by atoms with Crippen molar-refractivity contribution in [3.05, 3.63) is 24.2 Å². The number of fused-ring (bicyclic) bond motifs is 1. The van der Waals surface area contributed by atoms with Crippen LogP contribution in [0.5, 0.6) is 0 Å². The number of alkyl halides is 1. The van der Waals surface area contributed by atoms with Gasteiger partial charge in [0.2, 0.25) is 5.91 Å². The minimum Gasteiger partial charge on any atom is -0.467 e. The van der Waals surface area contributed by atoms with Crippen molar-refractivity contribution in [2.75, 3.05) is 6.54 Å². The van der Waals surface area contributed by atoms with E-state index in [-0.39, 0.29) is 23.0 Å². The lowest BCUT2D eigenvalue weighted by Crippen LogP contribution is -2.48. The molecule has 2 aliphatic rings. The summed E-state index contributed by atoms with van der Waals surface area (Å²) in [6.07, 6.45) is 4.32. The van der Waals surface area contributed by atoms with Crippen LogP contribution in [-0.2, 0) is 9.59 Å². The molecule has 1 aliphatic carbocycles. The predicted molar refractivity (Wildman–Crippen MR) is 87.7 cm³/mol. The van der Waals surface area contributed by atoms with E-state index in [0.717, 1.165) is 12.8 Å². The second kappa shape index (κ2) is 6.87. The van der Waals surface area contributed by atoms with Crippen LogP contribution in [0.25, 0.3) is 0 Å². The molecule has 0 saturated heterocycles. The summed E-state index contributed by atoms with van der Waals surface area (Å²) in [6.45, 7) is 2.46. The fourth-order valence-electron chi connectivity index (χ4n) is 3.48. The standard InChI is InChI=1S/C17H21ClN2O3/c1-2-14(21)20-15(13-6-4-8-23-13)11-9-12(18)10-5-3-7-19-16(10)17(11)22/h4,6,8,10-12,15H,2-3,5,7,9H2,1H3,(H,20,21). The highest BCUT2D eigenvalue weighted by Gasteiger charge is 2.45. The predicted octanol–water partition coefficient (Wildman–Crippen LogP) is 2.89. The molecule has 6 heteroatoms. The molecule has 5 nitrogen and oxygen atoms in total. The van der Waals surface area contributed by atoms with Crippen LogP contribution in [0.2, 0.25) is 0 Å². The molecular formula is C17H21ClN2O3. The van der Waals surface area contributed by atoms with Gasteiger partial charge in [0.05, 0.1) is 23.9 Å². The van der Waals surface area contributed by atoms with Gasteiger partial charge >= 0.3 is 0 Å². The third kappa shape index (κ3) is 3.20. The highest BCUT2D eigenvalue weighted by molar-refractivity contribution is 6.44. The SMILES string of the molecule is CCC(=O)NC(c1ccco1)C1CC(Cl)C2CCCN=C2C1=O. The van der Waals surface area contributed by atoms with Gasteiger partial charge in [0.1, 0.15) is 5.76 Å². The number of ketones is 1. The molecule has 1 amide bonds. The average molecular weight is 337 g/mol. The Morgan fingerprint density at radius 1 is 1.57 bits per heavy atom. The maximum absolute atomic E-state index is 12.9. The molecular weight excluding hydrogens is 316 g/mol. The topological polar surface area (TPSA) is 71.7 Å². The lowest BCUT2D eigenvalue weighted by molar-refractivity contribution is -0.124. The Bertz CT molecular complexity index is 611. The van der Waals surface area contributed by atoms with E-state index >= 15 is 0 Å². The molecule has 1 aromatic rings. The fourth-order valence-corrected chi connectivity index (χ4v) is 3.92. The molecule has 0 radical (unpaired) electrons. The third-order valence-electron chi connectivity index (χ3n) is 4.70. The Hall–Kier alpha value is -1.62. The normalized spacial score (nSPS) is 28.7. The van der Waals surface area contributed by atoms with Crippen LogP contribution in [-0.4, -0.2) is 29.3 Å². The molecule has 0 aromatic carbocycles. The van der Waals surface area contributed by atoms with Gasteiger partial charge in [0.15, 0.2) is 5.78 Å². The zero-order valence-corrected chi connectivity index (χ0v) is 13.9. The second-order valence-electron chi connectivity index (χ2n) is 6.15. The number of Topliss-reactive ketones (excluding diaryl/α,β-unsaturated/α-hetero) is 1. The average Bonchev–Trinajstić information content (AvgIpc) is 3.10. The van der Waals surface area contributed by atoms with E-state index in [4.69, 9.17) is 16.0 Å². The number of carbonyl (C=O) groups excluding carboxylic acids is 2. The van der Waals surface area contributed by atoms with E-state index in [1.54, 1.807) is 25.3 Å². The van der Waals surface area contributed by atoms with Crippen molar-refractivity contribution in [1.29, 1.82) is 0 Å². The van der Waals surface area contributed by atoms with Crippen molar-refractivity contribution in [3.63, 3.8) is 0 Å². The quantitative estimate of drug-likeness (QED) is 0.859. The summed E-state index contributed by atoms with van der Waals surface area (Å²) in [6, 6.07) is 3.05. The van der Waals surface area contributed by atoms with Crippen molar-refractivity contribution in [1.82, 2.24) is 5.32 Å². The molecule has 4 atom stereocenters. The van der Waals surface area contributed by atoms with Crippen molar-refractivity contribution >= 4 is 29.0 Å². The monoisotopic (exact) mass is 336 g/mol. The van der Waals surface area contributed by atoms with Gasteiger partial charge in [-0.25, -0.2) is 0 Å². The first-order valence-corrected chi connectivity index (χ1v) is 8.60. The number of furan rings is 1. The van der Waals surface area contributed by atoms with Gasteiger partial charge < -0.3 is 9.73 Å². The first-order chi connectivity index (χ1) is 11.1. The summed E-state index contributed by atoms with van der Waals surface area (Å²) < 4.78 is 5.46. The minimum absolute atomic E-state index is 0.00408. The summed E-state index contributed by atoms with van der Waals surface area (Å²) in [5, 5.41) is 2.79. The van der Waals surface area contributed by atoms with E-state index in [1.165, 1.54) is 0 Å². The number of hydrogen-bond donors (Lipinski definition) is 1. The van der Waals surface area contributed by atoms with Gasteiger partial charge in [-0.15, -0.1) is 11.6 Å². The molecule has 1 aliphatic heterocycles. The summed E-state index contributed by atoms with van der Waals surface area (Å²) in [7, 11) is 0. The molecule has 0 spiro atoms. The lowest BCUT2D eigenvalue weighted by Gasteiger charge is -2.37. The minimum atomic E-state index is -0.489. The molecule has 1 fully saturated rings. The summed E-state index contributed by atoms with van der Waals surface area (Å²) in [5.41, 5.74) is 0.606.